The van der Waals surface area contributed by atoms with Gasteiger partial charge in [0.15, 0.2) is 12.4 Å². The van der Waals surface area contributed by atoms with Crippen LogP contribution in [0.25, 0.3) is 0 Å². The van der Waals surface area contributed by atoms with Crippen molar-refractivity contribution in [3.63, 3.8) is 0 Å². The van der Waals surface area contributed by atoms with Gasteiger partial charge in [-0.3, -0.25) is 14.4 Å². The van der Waals surface area contributed by atoms with Crippen LogP contribution in [0.4, 0.5) is 0 Å². The van der Waals surface area contributed by atoms with E-state index in [1.165, 1.54) is 13.2 Å². The molecule has 2 aromatic carbocycles. The van der Waals surface area contributed by atoms with Gasteiger partial charge in [-0.25, -0.2) is 0 Å². The average Bonchev–Trinajstić information content (AvgIpc) is 3.11. The van der Waals surface area contributed by atoms with Crippen molar-refractivity contribution < 1.29 is 23.9 Å². The van der Waals surface area contributed by atoms with Crippen LogP contribution in [-0.4, -0.2) is 49.4 Å². The van der Waals surface area contributed by atoms with E-state index >= 15 is 0 Å². The summed E-state index contributed by atoms with van der Waals surface area (Å²) in [4.78, 5) is 38.4. The highest BCUT2D eigenvalue weighted by atomic mass is 35.5. The third kappa shape index (κ3) is 5.35. The molecule has 0 unspecified atom stereocenters. The predicted molar refractivity (Wildman–Crippen MR) is 108 cm³/mol. The lowest BCUT2D eigenvalue weighted by Gasteiger charge is -2.16. The summed E-state index contributed by atoms with van der Waals surface area (Å²) in [6, 6.07) is 14.5. The maximum Gasteiger partial charge on any atom is 0.311 e. The molecule has 0 bridgehead atoms. The Hall–Kier alpha value is -2.86. The van der Waals surface area contributed by atoms with Crippen molar-refractivity contribution in [1.29, 1.82) is 0 Å². The zero-order chi connectivity index (χ0) is 20.8. The molecule has 1 aliphatic heterocycles. The van der Waals surface area contributed by atoms with Gasteiger partial charge in [-0.1, -0.05) is 41.9 Å². The Morgan fingerprint density at radius 2 is 1.93 bits per heavy atom. The Kier molecular flexibility index (Phi) is 6.88. The zero-order valence-corrected chi connectivity index (χ0v) is 16.9. The number of amides is 1. The summed E-state index contributed by atoms with van der Waals surface area (Å²) in [5.41, 5.74) is 1.46. The fraction of sp³-hybridized carbons (Fsp3) is 0.318. The maximum atomic E-state index is 12.3. The van der Waals surface area contributed by atoms with Gasteiger partial charge in [0.25, 0.3) is 0 Å². The third-order valence-electron chi connectivity index (χ3n) is 4.88. The van der Waals surface area contributed by atoms with Crippen molar-refractivity contribution in [2.24, 2.45) is 5.92 Å². The van der Waals surface area contributed by atoms with Crippen LogP contribution in [0.5, 0.6) is 5.75 Å². The Bertz CT molecular complexity index is 899. The molecule has 0 saturated carbocycles. The van der Waals surface area contributed by atoms with Crippen molar-refractivity contribution >= 4 is 29.3 Å². The number of ether oxygens (including phenoxy) is 2. The number of methoxy groups -OCH3 is 1. The predicted octanol–water partition coefficient (Wildman–Crippen LogP) is 3.17. The lowest BCUT2D eigenvalue weighted by molar-refractivity contribution is -0.147. The number of likely N-dealkylation sites (tertiary alicyclic amines) is 1. The van der Waals surface area contributed by atoms with Crippen LogP contribution >= 0.6 is 11.6 Å². The minimum Gasteiger partial charge on any atom is -0.495 e. The van der Waals surface area contributed by atoms with E-state index in [1.54, 1.807) is 17.0 Å². The summed E-state index contributed by atoms with van der Waals surface area (Å²) in [6.07, 6.45) is 0.835. The van der Waals surface area contributed by atoms with Crippen molar-refractivity contribution in [3.05, 3.63) is 64.7 Å². The molecule has 3 rings (SSSR count). The van der Waals surface area contributed by atoms with Gasteiger partial charge in [0.2, 0.25) is 5.91 Å². The molecule has 29 heavy (non-hydrogen) atoms. The van der Waals surface area contributed by atoms with E-state index in [2.05, 4.69) is 0 Å². The second kappa shape index (κ2) is 9.56. The van der Waals surface area contributed by atoms with E-state index in [9.17, 15) is 14.4 Å². The summed E-state index contributed by atoms with van der Waals surface area (Å²) in [5, 5.41) is 0.306. The van der Waals surface area contributed by atoms with Crippen molar-refractivity contribution in [2.75, 3.05) is 26.8 Å². The van der Waals surface area contributed by atoms with Gasteiger partial charge in [0.05, 0.1) is 18.1 Å². The molecule has 0 aromatic heterocycles. The van der Waals surface area contributed by atoms with E-state index in [-0.39, 0.29) is 18.1 Å². The van der Waals surface area contributed by atoms with Crippen LogP contribution in [0.15, 0.2) is 48.5 Å². The topological polar surface area (TPSA) is 72.9 Å². The average molecular weight is 416 g/mol. The highest BCUT2D eigenvalue weighted by Crippen LogP contribution is 2.25. The molecule has 0 radical (unpaired) electrons. The molecule has 0 N–H and O–H groups in total. The molecule has 0 spiro atoms. The Labute approximate surface area is 174 Å². The summed E-state index contributed by atoms with van der Waals surface area (Å²) in [6.45, 7) is 0.471. The minimum absolute atomic E-state index is 0.0730. The number of nitrogens with zero attached hydrogens (tertiary/aromatic N) is 1. The maximum absolute atomic E-state index is 12.3. The molecule has 1 amide bonds. The van der Waals surface area contributed by atoms with Crippen LogP contribution in [0.3, 0.4) is 0 Å². The molecule has 1 saturated heterocycles. The Morgan fingerprint density at radius 1 is 1.17 bits per heavy atom. The fourth-order valence-electron chi connectivity index (χ4n) is 3.23. The number of hydrogen-bond donors (Lipinski definition) is 0. The summed E-state index contributed by atoms with van der Waals surface area (Å²) in [7, 11) is 1.48. The Balaban J connectivity index is 1.48. The molecule has 2 aromatic rings. The number of halogens is 1. The highest BCUT2D eigenvalue weighted by Gasteiger charge is 2.35. The van der Waals surface area contributed by atoms with Crippen LogP contribution in [-0.2, 0) is 20.7 Å². The second-order valence-corrected chi connectivity index (χ2v) is 7.26. The molecule has 1 aliphatic rings. The van der Waals surface area contributed by atoms with Gasteiger partial charge < -0.3 is 14.4 Å². The fourth-order valence-corrected chi connectivity index (χ4v) is 3.49. The number of rotatable bonds is 8. The molecular formula is C22H22ClNO5. The molecule has 7 heteroatoms. The first-order valence-electron chi connectivity index (χ1n) is 9.33. The quantitative estimate of drug-likeness (QED) is 0.489. The molecular weight excluding hydrogens is 394 g/mol. The molecule has 152 valence electrons. The second-order valence-electron chi connectivity index (χ2n) is 6.86. The summed E-state index contributed by atoms with van der Waals surface area (Å²) < 4.78 is 10.2. The lowest BCUT2D eigenvalue weighted by Crippen LogP contribution is -2.29. The number of benzene rings is 2. The van der Waals surface area contributed by atoms with Gasteiger partial charge in [-0.05, 0) is 30.2 Å². The number of carbonyl (C=O) groups excluding carboxylic acids is 3. The molecule has 1 atom stereocenters. The normalized spacial score (nSPS) is 16.0. The number of esters is 1. The van der Waals surface area contributed by atoms with E-state index in [1.807, 2.05) is 30.3 Å². The van der Waals surface area contributed by atoms with Crippen molar-refractivity contribution in [3.8, 4) is 5.75 Å². The third-order valence-corrected chi connectivity index (χ3v) is 5.18. The minimum atomic E-state index is -0.550. The highest BCUT2D eigenvalue weighted by molar-refractivity contribution is 6.32. The molecule has 1 fully saturated rings. The van der Waals surface area contributed by atoms with Crippen LogP contribution < -0.4 is 4.74 Å². The van der Waals surface area contributed by atoms with E-state index in [4.69, 9.17) is 21.1 Å². The number of hydrogen-bond acceptors (Lipinski definition) is 5. The Morgan fingerprint density at radius 3 is 2.62 bits per heavy atom. The van der Waals surface area contributed by atoms with Gasteiger partial charge >= 0.3 is 5.97 Å². The number of carbonyl (C=O) groups is 3. The first kappa shape index (κ1) is 20.9. The van der Waals surface area contributed by atoms with Crippen molar-refractivity contribution in [1.82, 2.24) is 4.90 Å². The SMILES string of the molecule is COc1ccc(C(=O)COC(=O)[C@@H]2CC(=O)N(CCc3ccccc3)C2)cc1Cl. The monoisotopic (exact) mass is 415 g/mol. The first-order valence-corrected chi connectivity index (χ1v) is 9.71. The molecule has 0 aliphatic carbocycles. The van der Waals surface area contributed by atoms with Crippen LogP contribution in [0.1, 0.15) is 22.3 Å². The number of Topliss-reactive ketones (excluding diaryl/α,β-unsaturated/α-hetero) is 1. The standard InChI is InChI=1S/C22H22ClNO5/c1-28-20-8-7-16(11-18(20)23)19(25)14-29-22(27)17-12-21(26)24(13-17)10-9-15-5-3-2-4-6-15/h2-8,11,17H,9-10,12-14H2,1H3/t17-/m1/s1. The first-order chi connectivity index (χ1) is 14.0. The van der Waals surface area contributed by atoms with Gasteiger partial charge in [0.1, 0.15) is 5.75 Å². The smallest absolute Gasteiger partial charge is 0.311 e. The van der Waals surface area contributed by atoms with Crippen LogP contribution in [0, 0.1) is 5.92 Å². The largest absolute Gasteiger partial charge is 0.495 e. The summed E-state index contributed by atoms with van der Waals surface area (Å²) in [5.74, 6) is -1.07. The molecule has 1 heterocycles. The van der Waals surface area contributed by atoms with Gasteiger partial charge in [-0.2, -0.15) is 0 Å². The van der Waals surface area contributed by atoms with E-state index in [0.29, 0.717) is 29.4 Å². The van der Waals surface area contributed by atoms with Crippen molar-refractivity contribution in [2.45, 2.75) is 12.8 Å². The van der Waals surface area contributed by atoms with Gasteiger partial charge in [0, 0.05) is 25.1 Å². The lowest BCUT2D eigenvalue weighted by atomic mass is 10.1. The van der Waals surface area contributed by atoms with E-state index in [0.717, 1.165) is 12.0 Å². The molecule has 6 nitrogen and oxygen atoms in total. The van der Waals surface area contributed by atoms with Crippen LogP contribution in [0.2, 0.25) is 5.02 Å². The number of ketones is 1. The van der Waals surface area contributed by atoms with E-state index < -0.39 is 18.5 Å². The zero-order valence-electron chi connectivity index (χ0n) is 16.1. The van der Waals surface area contributed by atoms with Gasteiger partial charge in [-0.15, -0.1) is 0 Å². The summed E-state index contributed by atoms with van der Waals surface area (Å²) >= 11 is 6.02.